The van der Waals surface area contributed by atoms with E-state index in [1.165, 1.54) is 82.8 Å². The Bertz CT molecular complexity index is 3800. The molecule has 3 nitrogen and oxygen atoms in total. The largest absolute Gasteiger partial charge is 0.457 e. The predicted octanol–water partition coefficient (Wildman–Crippen LogP) is 16.2. The molecule has 3 heteroatoms. The number of ether oxygens (including phenoxy) is 1. The van der Waals surface area contributed by atoms with Gasteiger partial charge in [-0.3, -0.25) is 0 Å². The van der Waals surface area contributed by atoms with Crippen LogP contribution in [0.25, 0.3) is 60.5 Å². The van der Waals surface area contributed by atoms with E-state index in [0.717, 1.165) is 39.7 Å². The third-order valence-corrected chi connectivity index (χ3v) is 14.8. The Balaban J connectivity index is 0.990. The average Bonchev–Trinajstić information content (AvgIpc) is 3.81. The van der Waals surface area contributed by atoms with Crippen molar-refractivity contribution in [3.63, 3.8) is 0 Å². The number of fused-ring (bicyclic) bond motifs is 14. The van der Waals surface area contributed by atoms with Crippen LogP contribution in [0.2, 0.25) is 0 Å². The second-order valence-corrected chi connectivity index (χ2v) is 18.4. The molecule has 10 aromatic carbocycles. The van der Waals surface area contributed by atoms with Crippen LogP contribution in [0, 0.1) is 0 Å². The molecule has 1 spiro atoms. The summed E-state index contributed by atoms with van der Waals surface area (Å²) in [6, 6.07) is 80.5. The SMILES string of the molecule is CC1(C)c2ccccc2-c2c(-n3c4ccccc4c4cc(N(c5ccccc5)c5ccc6c(c5)Oc5ccccc5C65c6ccccc6-c6cccc7cccc5c67)ccc43)cccc21. The van der Waals surface area contributed by atoms with Gasteiger partial charge in [0.2, 0.25) is 0 Å². The monoisotopic (exact) mass is 830 g/mol. The van der Waals surface area contributed by atoms with Crippen LogP contribution in [-0.2, 0) is 10.8 Å². The van der Waals surface area contributed by atoms with Gasteiger partial charge in [-0.05, 0) is 104 Å². The zero-order valence-electron chi connectivity index (χ0n) is 36.1. The Labute approximate surface area is 378 Å². The van der Waals surface area contributed by atoms with Gasteiger partial charge >= 0.3 is 0 Å². The molecule has 0 saturated carbocycles. The van der Waals surface area contributed by atoms with Gasteiger partial charge in [-0.2, -0.15) is 0 Å². The number of benzene rings is 10. The van der Waals surface area contributed by atoms with E-state index >= 15 is 0 Å². The van der Waals surface area contributed by atoms with E-state index < -0.39 is 5.41 Å². The molecule has 1 atom stereocenters. The van der Waals surface area contributed by atoms with Crippen molar-refractivity contribution in [1.82, 2.24) is 4.57 Å². The first kappa shape index (κ1) is 36.4. The first-order valence-electron chi connectivity index (χ1n) is 22.7. The third kappa shape index (κ3) is 4.79. The van der Waals surface area contributed by atoms with E-state index in [-0.39, 0.29) is 5.41 Å². The number of hydrogen-bond acceptors (Lipinski definition) is 2. The summed E-state index contributed by atoms with van der Waals surface area (Å²) in [6.45, 7) is 4.71. The van der Waals surface area contributed by atoms with Crippen molar-refractivity contribution in [2.75, 3.05) is 4.90 Å². The third-order valence-electron chi connectivity index (χ3n) is 14.8. The molecule has 0 saturated heterocycles. The molecule has 0 radical (unpaired) electrons. The van der Waals surface area contributed by atoms with Crippen LogP contribution < -0.4 is 9.64 Å². The summed E-state index contributed by atoms with van der Waals surface area (Å²) < 4.78 is 9.58. The summed E-state index contributed by atoms with van der Waals surface area (Å²) in [5.41, 5.74) is 18.8. The van der Waals surface area contributed by atoms with Gasteiger partial charge in [-0.1, -0.05) is 172 Å². The molecular formula is C62H42N2O. The molecule has 0 bridgehead atoms. The Morgan fingerprint density at radius 3 is 1.89 bits per heavy atom. The number of nitrogens with zero attached hydrogens (tertiary/aromatic N) is 2. The molecule has 2 aliphatic carbocycles. The lowest BCUT2D eigenvalue weighted by atomic mass is 9.58. The van der Waals surface area contributed by atoms with Gasteiger partial charge < -0.3 is 14.2 Å². The molecule has 2 heterocycles. The Kier molecular flexibility index (Phi) is 7.38. The number of hydrogen-bond donors (Lipinski definition) is 0. The fraction of sp³-hybridized carbons (Fsp3) is 0.0645. The molecule has 0 amide bonds. The molecule has 1 aromatic heterocycles. The predicted molar refractivity (Wildman–Crippen MR) is 268 cm³/mol. The van der Waals surface area contributed by atoms with Crippen LogP contribution in [-0.4, -0.2) is 4.57 Å². The van der Waals surface area contributed by atoms with Gasteiger partial charge in [0, 0.05) is 56.0 Å². The number of rotatable bonds is 4. The van der Waals surface area contributed by atoms with Crippen molar-refractivity contribution >= 4 is 49.6 Å². The fourth-order valence-corrected chi connectivity index (χ4v) is 12.1. The number of aromatic nitrogens is 1. The summed E-state index contributed by atoms with van der Waals surface area (Å²) in [6.07, 6.45) is 0. The zero-order valence-corrected chi connectivity index (χ0v) is 36.1. The zero-order chi connectivity index (χ0) is 43.0. The maximum absolute atomic E-state index is 7.09. The van der Waals surface area contributed by atoms with Crippen molar-refractivity contribution in [3.05, 3.63) is 252 Å². The lowest BCUT2D eigenvalue weighted by Crippen LogP contribution is -2.36. The quantitative estimate of drug-likeness (QED) is 0.176. The molecule has 3 aliphatic rings. The van der Waals surface area contributed by atoms with Gasteiger partial charge in [0.1, 0.15) is 11.5 Å². The lowest BCUT2D eigenvalue weighted by molar-refractivity contribution is 0.435. The van der Waals surface area contributed by atoms with E-state index in [4.69, 9.17) is 4.74 Å². The van der Waals surface area contributed by atoms with Crippen LogP contribution in [0.15, 0.2) is 218 Å². The molecule has 306 valence electrons. The normalized spacial score (nSPS) is 15.8. The van der Waals surface area contributed by atoms with E-state index in [1.54, 1.807) is 0 Å². The van der Waals surface area contributed by atoms with E-state index in [1.807, 2.05) is 0 Å². The Morgan fingerprint density at radius 2 is 1.02 bits per heavy atom. The minimum Gasteiger partial charge on any atom is -0.457 e. The molecule has 1 unspecified atom stereocenters. The van der Waals surface area contributed by atoms with Gasteiger partial charge in [0.15, 0.2) is 0 Å². The minimum atomic E-state index is -0.598. The second-order valence-electron chi connectivity index (χ2n) is 18.4. The summed E-state index contributed by atoms with van der Waals surface area (Å²) in [7, 11) is 0. The Hall–Kier alpha value is -8.14. The van der Waals surface area contributed by atoms with Gasteiger partial charge in [0.05, 0.1) is 22.1 Å². The summed E-state index contributed by atoms with van der Waals surface area (Å²) in [5.74, 6) is 1.73. The first-order valence-corrected chi connectivity index (χ1v) is 22.7. The smallest absolute Gasteiger partial charge is 0.134 e. The molecule has 14 rings (SSSR count). The van der Waals surface area contributed by atoms with Crippen molar-refractivity contribution in [2.45, 2.75) is 24.7 Å². The highest BCUT2D eigenvalue weighted by Crippen LogP contribution is 2.62. The van der Waals surface area contributed by atoms with Crippen LogP contribution in [0.3, 0.4) is 0 Å². The molecule has 1 aliphatic heterocycles. The van der Waals surface area contributed by atoms with Crippen molar-refractivity contribution in [2.24, 2.45) is 0 Å². The van der Waals surface area contributed by atoms with E-state index in [9.17, 15) is 0 Å². The molecule has 65 heavy (non-hydrogen) atoms. The van der Waals surface area contributed by atoms with Crippen molar-refractivity contribution in [3.8, 4) is 39.4 Å². The second kappa shape index (κ2) is 13.2. The number of para-hydroxylation sites is 3. The fourth-order valence-electron chi connectivity index (χ4n) is 12.1. The van der Waals surface area contributed by atoms with Gasteiger partial charge in [-0.15, -0.1) is 0 Å². The summed E-state index contributed by atoms with van der Waals surface area (Å²) in [4.78, 5) is 2.38. The highest BCUT2D eigenvalue weighted by atomic mass is 16.5. The lowest BCUT2D eigenvalue weighted by Gasteiger charge is -2.45. The first-order chi connectivity index (χ1) is 32.0. The average molecular weight is 831 g/mol. The van der Waals surface area contributed by atoms with Crippen LogP contribution in [0.5, 0.6) is 11.5 Å². The maximum Gasteiger partial charge on any atom is 0.134 e. The highest BCUT2D eigenvalue weighted by Gasteiger charge is 2.49. The van der Waals surface area contributed by atoms with Crippen LogP contribution in [0.4, 0.5) is 17.1 Å². The van der Waals surface area contributed by atoms with Gasteiger partial charge in [0.25, 0.3) is 0 Å². The van der Waals surface area contributed by atoms with Crippen molar-refractivity contribution < 1.29 is 4.74 Å². The van der Waals surface area contributed by atoms with E-state index in [2.05, 4.69) is 242 Å². The van der Waals surface area contributed by atoms with Crippen LogP contribution >= 0.6 is 0 Å². The highest BCUT2D eigenvalue weighted by molar-refractivity contribution is 6.12. The van der Waals surface area contributed by atoms with Crippen LogP contribution in [0.1, 0.15) is 47.2 Å². The molecule has 0 fully saturated rings. The summed E-state index contributed by atoms with van der Waals surface area (Å²) in [5, 5.41) is 4.97. The molecular weight excluding hydrogens is 789 g/mol. The standard InChI is InChI=1S/C62H42N2O/c1-61(2)48-25-9-7-23-46(48)60-52(61)28-16-31-56(60)64-54-30-12-8-22-44(54)47-37-41(34-36-55(47)64)63(40-19-4-3-5-20-40)42-33-35-51-58(38-42)65-57-32-13-11-27-50(57)62(51)49-26-10-6-21-43(49)45-24-14-17-39-18-15-29-53(62)59(39)45/h3-38H,1-2H3. The summed E-state index contributed by atoms with van der Waals surface area (Å²) >= 11 is 0. The molecule has 0 N–H and O–H groups in total. The maximum atomic E-state index is 7.09. The van der Waals surface area contributed by atoms with Gasteiger partial charge in [-0.25, -0.2) is 0 Å². The Morgan fingerprint density at radius 1 is 0.400 bits per heavy atom. The molecule has 11 aromatic rings. The topological polar surface area (TPSA) is 17.4 Å². The number of anilines is 3. The minimum absolute atomic E-state index is 0.0947. The van der Waals surface area contributed by atoms with Crippen molar-refractivity contribution in [1.29, 1.82) is 0 Å². The van der Waals surface area contributed by atoms with E-state index in [0.29, 0.717) is 0 Å².